The van der Waals surface area contributed by atoms with Crippen molar-refractivity contribution in [3.8, 4) is 11.5 Å². The van der Waals surface area contributed by atoms with Gasteiger partial charge in [-0.25, -0.2) is 0 Å². The minimum absolute atomic E-state index is 0.0537. The maximum Gasteiger partial charge on any atom is 0.307 e. The molecule has 198 valence electrons. The molecule has 2 aliphatic heterocycles. The fourth-order valence-corrected chi connectivity index (χ4v) is 8.16. The van der Waals surface area contributed by atoms with Crippen LogP contribution < -0.4 is 9.47 Å². The Morgan fingerprint density at radius 2 is 2.13 bits per heavy atom. The molecule has 2 bridgehead atoms. The number of esters is 1. The number of aromatic nitrogens is 1. The van der Waals surface area contributed by atoms with Gasteiger partial charge < -0.3 is 23.9 Å². The quantitative estimate of drug-likeness (QED) is 0.379. The molecule has 7 rings (SSSR count). The van der Waals surface area contributed by atoms with Crippen LogP contribution in [-0.4, -0.2) is 59.0 Å². The average molecular weight is 515 g/mol. The van der Waals surface area contributed by atoms with Crippen molar-refractivity contribution >= 4 is 16.9 Å². The number of para-hydroxylation sites is 1. The molecule has 0 radical (unpaired) electrons. The molecule has 38 heavy (non-hydrogen) atoms. The van der Waals surface area contributed by atoms with Crippen LogP contribution in [0.1, 0.15) is 48.3 Å². The van der Waals surface area contributed by atoms with Gasteiger partial charge in [0, 0.05) is 48.6 Å². The maximum absolute atomic E-state index is 13.0. The topological polar surface area (TPSA) is 73.2 Å². The molecule has 1 fully saturated rings. The minimum atomic E-state index is -1.02. The predicted octanol–water partition coefficient (Wildman–Crippen LogP) is 4.08. The van der Waals surface area contributed by atoms with E-state index in [0.29, 0.717) is 25.3 Å². The molecule has 1 N–H and O–H groups in total. The Kier molecular flexibility index (Phi) is 5.23. The zero-order valence-corrected chi connectivity index (χ0v) is 22.0. The number of likely N-dealkylation sites (tertiary alicyclic amines) is 1. The van der Waals surface area contributed by atoms with Crippen molar-refractivity contribution in [1.29, 1.82) is 0 Å². The van der Waals surface area contributed by atoms with E-state index in [0.717, 1.165) is 59.4 Å². The second kappa shape index (κ2) is 8.35. The molecule has 4 aliphatic rings. The van der Waals surface area contributed by atoms with Crippen LogP contribution >= 0.6 is 0 Å². The van der Waals surface area contributed by atoms with Gasteiger partial charge >= 0.3 is 5.97 Å². The van der Waals surface area contributed by atoms with Crippen LogP contribution in [0.3, 0.4) is 0 Å². The lowest BCUT2D eigenvalue weighted by Crippen LogP contribution is -2.74. The Labute approximate surface area is 222 Å². The number of benzene rings is 2. The fraction of sp³-hybridized carbons (Fsp3) is 0.452. The third-order valence-corrected chi connectivity index (χ3v) is 9.55. The number of aliphatic hydroxyl groups is 1. The predicted molar refractivity (Wildman–Crippen MR) is 144 cm³/mol. The lowest BCUT2D eigenvalue weighted by atomic mass is 9.49. The molecule has 2 aliphatic carbocycles. The fourth-order valence-electron chi connectivity index (χ4n) is 8.16. The van der Waals surface area contributed by atoms with Gasteiger partial charge in [0.15, 0.2) is 17.6 Å². The van der Waals surface area contributed by atoms with Crippen LogP contribution in [0, 0.1) is 0 Å². The summed E-state index contributed by atoms with van der Waals surface area (Å²) in [5, 5.41) is 14.1. The molecule has 7 heteroatoms. The first-order valence-electron chi connectivity index (χ1n) is 13.7. The highest BCUT2D eigenvalue weighted by molar-refractivity contribution is 5.87. The molecule has 3 heterocycles. The maximum atomic E-state index is 13.0. The third kappa shape index (κ3) is 2.84. The van der Waals surface area contributed by atoms with Crippen LogP contribution in [0.15, 0.2) is 49.1 Å². The number of ether oxygens (including phenoxy) is 3. The number of aryl methyl sites for hydroxylation is 1. The molecule has 0 amide bonds. The summed E-state index contributed by atoms with van der Waals surface area (Å²) in [5.74, 6) is 1.26. The van der Waals surface area contributed by atoms with Crippen molar-refractivity contribution in [1.82, 2.24) is 9.47 Å². The number of hydrogen-bond acceptors (Lipinski definition) is 6. The molecule has 1 saturated heterocycles. The number of nitrogens with zero attached hydrogens (tertiary/aromatic N) is 2. The van der Waals surface area contributed by atoms with Crippen LogP contribution in [0.5, 0.6) is 11.5 Å². The largest absolute Gasteiger partial charge is 0.493 e. The van der Waals surface area contributed by atoms with Crippen molar-refractivity contribution in [2.45, 2.75) is 62.3 Å². The van der Waals surface area contributed by atoms with Crippen molar-refractivity contribution in [2.75, 3.05) is 26.8 Å². The highest BCUT2D eigenvalue weighted by atomic mass is 16.5. The molecule has 3 aromatic rings. The van der Waals surface area contributed by atoms with Crippen LogP contribution in [0.25, 0.3) is 10.9 Å². The Balaban J connectivity index is 1.49. The van der Waals surface area contributed by atoms with Gasteiger partial charge in [-0.2, -0.15) is 0 Å². The van der Waals surface area contributed by atoms with E-state index < -0.39 is 11.0 Å². The molecule has 4 atom stereocenters. The lowest BCUT2D eigenvalue weighted by Gasteiger charge is -2.62. The van der Waals surface area contributed by atoms with Crippen molar-refractivity contribution < 1.29 is 24.1 Å². The SMILES string of the molecule is C=CCN1CC[C@]23c4c5ccc(OC)c4O[C@H]2c2c(c4ccccc4n2CCC(=O)OCC)C[C@@]3(O)[C@H]1C5. The first kappa shape index (κ1) is 23.8. The molecule has 7 nitrogen and oxygen atoms in total. The van der Waals surface area contributed by atoms with Gasteiger partial charge in [0.2, 0.25) is 0 Å². The van der Waals surface area contributed by atoms with Gasteiger partial charge in [0.1, 0.15) is 0 Å². The van der Waals surface area contributed by atoms with E-state index in [1.165, 1.54) is 5.56 Å². The summed E-state index contributed by atoms with van der Waals surface area (Å²) in [5.41, 5.74) is 3.97. The van der Waals surface area contributed by atoms with Crippen molar-refractivity contribution in [2.24, 2.45) is 0 Å². The number of methoxy groups -OCH3 is 1. The molecule has 0 unspecified atom stereocenters. The Morgan fingerprint density at radius 3 is 2.92 bits per heavy atom. The Bertz CT molecular complexity index is 1480. The zero-order chi connectivity index (χ0) is 26.2. The van der Waals surface area contributed by atoms with Crippen LogP contribution in [0.2, 0.25) is 0 Å². The number of carbonyl (C=O) groups is 1. The van der Waals surface area contributed by atoms with Gasteiger partial charge in [-0.05, 0) is 43.0 Å². The monoisotopic (exact) mass is 514 g/mol. The summed E-state index contributed by atoms with van der Waals surface area (Å²) in [6.45, 7) is 8.29. The normalized spacial score (nSPS) is 28.4. The first-order chi connectivity index (χ1) is 18.5. The second-order valence-corrected chi connectivity index (χ2v) is 11.0. The highest BCUT2D eigenvalue weighted by Crippen LogP contribution is 2.69. The number of rotatable bonds is 7. The summed E-state index contributed by atoms with van der Waals surface area (Å²) in [6, 6.07) is 12.4. The average Bonchev–Trinajstić information content (AvgIpc) is 3.41. The number of fused-ring (bicyclic) bond motifs is 4. The molecular weight excluding hydrogens is 480 g/mol. The number of carbonyl (C=O) groups excluding carboxylic acids is 1. The summed E-state index contributed by atoms with van der Waals surface area (Å²) in [4.78, 5) is 14.8. The van der Waals surface area contributed by atoms with E-state index in [1.807, 2.05) is 31.2 Å². The van der Waals surface area contributed by atoms with Gasteiger partial charge in [-0.3, -0.25) is 9.69 Å². The van der Waals surface area contributed by atoms with Gasteiger partial charge in [-0.15, -0.1) is 6.58 Å². The smallest absolute Gasteiger partial charge is 0.307 e. The van der Waals surface area contributed by atoms with Gasteiger partial charge in [0.05, 0.1) is 36.8 Å². The van der Waals surface area contributed by atoms with Crippen LogP contribution in [-0.2, 0) is 34.3 Å². The summed E-state index contributed by atoms with van der Waals surface area (Å²) < 4.78 is 20.3. The van der Waals surface area contributed by atoms with Crippen molar-refractivity contribution in [3.05, 3.63) is 71.4 Å². The van der Waals surface area contributed by atoms with Gasteiger partial charge in [-0.1, -0.05) is 30.3 Å². The summed E-state index contributed by atoms with van der Waals surface area (Å²) >= 11 is 0. The lowest BCUT2D eigenvalue weighted by molar-refractivity contribution is -0.171. The molecule has 1 spiro atoms. The van der Waals surface area contributed by atoms with E-state index in [9.17, 15) is 9.90 Å². The number of piperidine rings is 1. The minimum Gasteiger partial charge on any atom is -0.493 e. The van der Waals surface area contributed by atoms with E-state index in [2.05, 4.69) is 34.2 Å². The summed E-state index contributed by atoms with van der Waals surface area (Å²) in [7, 11) is 1.67. The van der Waals surface area contributed by atoms with E-state index in [-0.39, 0.29) is 24.5 Å². The molecule has 2 aromatic carbocycles. The highest BCUT2D eigenvalue weighted by Gasteiger charge is 2.73. The second-order valence-electron chi connectivity index (χ2n) is 11.0. The summed E-state index contributed by atoms with van der Waals surface area (Å²) in [6.07, 6.45) is 3.89. The van der Waals surface area contributed by atoms with Crippen LogP contribution in [0.4, 0.5) is 0 Å². The molecule has 1 aromatic heterocycles. The molecular formula is C31H34N2O5. The van der Waals surface area contributed by atoms with Gasteiger partial charge in [0.25, 0.3) is 0 Å². The third-order valence-electron chi connectivity index (χ3n) is 9.55. The van der Waals surface area contributed by atoms with E-state index in [4.69, 9.17) is 14.2 Å². The first-order valence-corrected chi connectivity index (χ1v) is 13.7. The zero-order valence-electron chi connectivity index (χ0n) is 22.0. The van der Waals surface area contributed by atoms with Crippen molar-refractivity contribution in [3.63, 3.8) is 0 Å². The standard InChI is InChI=1S/C31H34N2O5/c1-4-14-32-16-13-30-26-19-10-11-23(36-3)28(26)38-29(30)27-21(18-31(30,35)24(32)17-19)20-8-6-7-9-22(20)33(27)15-12-25(34)37-5-2/h4,6-11,24,29,35H,1,5,12-18H2,2-3H3/t24-,29+,30+,31-/m1/s1. The Morgan fingerprint density at radius 1 is 1.29 bits per heavy atom. The van der Waals surface area contributed by atoms with E-state index >= 15 is 0 Å². The Hall–Kier alpha value is -3.29. The van der Waals surface area contributed by atoms with E-state index in [1.54, 1.807) is 7.11 Å². The number of hydrogen-bond donors (Lipinski definition) is 1. The molecule has 0 saturated carbocycles.